The summed E-state index contributed by atoms with van der Waals surface area (Å²) >= 11 is 0. The molecule has 1 N–H and O–H groups in total. The van der Waals surface area contributed by atoms with Gasteiger partial charge in [-0.15, -0.1) is 0 Å². The van der Waals surface area contributed by atoms with Crippen molar-refractivity contribution in [3.05, 3.63) is 82.4 Å². The number of hydrogen-bond donors (Lipinski definition) is 1. The summed E-state index contributed by atoms with van der Waals surface area (Å²) in [6, 6.07) is 12.5. The lowest BCUT2D eigenvalue weighted by atomic mass is 10.2. The predicted molar refractivity (Wildman–Crippen MR) is 90.3 cm³/mol. The SMILES string of the molecule is C=CCOc1ccc(/C=N\NC(=O)c2cccc([N+](=O)[O-])c2)cc1. The van der Waals surface area contributed by atoms with Gasteiger partial charge in [0.05, 0.1) is 11.1 Å². The summed E-state index contributed by atoms with van der Waals surface area (Å²) < 4.78 is 5.35. The first kappa shape index (κ1) is 16.9. The molecule has 0 unspecified atom stereocenters. The van der Waals surface area contributed by atoms with Crippen molar-refractivity contribution in [1.82, 2.24) is 5.43 Å². The molecule has 24 heavy (non-hydrogen) atoms. The number of non-ortho nitro benzene ring substituents is 1. The Kier molecular flexibility index (Phi) is 5.79. The standard InChI is InChI=1S/C17H15N3O4/c1-2-10-24-16-8-6-13(7-9-16)12-18-19-17(21)14-4-3-5-15(11-14)20(22)23/h2-9,11-12H,1,10H2,(H,19,21)/b18-12-. The van der Waals surface area contributed by atoms with Crippen LogP contribution in [-0.4, -0.2) is 23.7 Å². The van der Waals surface area contributed by atoms with E-state index in [9.17, 15) is 14.9 Å². The maximum atomic E-state index is 11.9. The molecule has 0 radical (unpaired) electrons. The summed E-state index contributed by atoms with van der Waals surface area (Å²) in [7, 11) is 0. The van der Waals surface area contributed by atoms with Crippen molar-refractivity contribution in [2.75, 3.05) is 6.61 Å². The van der Waals surface area contributed by atoms with E-state index in [2.05, 4.69) is 17.1 Å². The van der Waals surface area contributed by atoms with Crippen LogP contribution in [0.5, 0.6) is 5.75 Å². The fourth-order valence-corrected chi connectivity index (χ4v) is 1.80. The first-order valence-electron chi connectivity index (χ1n) is 7.02. The lowest BCUT2D eigenvalue weighted by molar-refractivity contribution is -0.384. The van der Waals surface area contributed by atoms with E-state index >= 15 is 0 Å². The summed E-state index contributed by atoms with van der Waals surface area (Å²) in [5, 5.41) is 14.5. The summed E-state index contributed by atoms with van der Waals surface area (Å²) in [5.74, 6) is 0.175. The number of carbonyl (C=O) groups is 1. The fraction of sp³-hybridized carbons (Fsp3) is 0.0588. The van der Waals surface area contributed by atoms with E-state index in [1.807, 2.05) is 0 Å². The Labute approximate surface area is 138 Å². The zero-order valence-electron chi connectivity index (χ0n) is 12.7. The highest BCUT2D eigenvalue weighted by atomic mass is 16.6. The number of benzene rings is 2. The van der Waals surface area contributed by atoms with Crippen molar-refractivity contribution in [1.29, 1.82) is 0 Å². The van der Waals surface area contributed by atoms with Crippen LogP contribution in [0.3, 0.4) is 0 Å². The summed E-state index contributed by atoms with van der Waals surface area (Å²) in [4.78, 5) is 22.0. The first-order chi connectivity index (χ1) is 11.6. The average Bonchev–Trinajstić information content (AvgIpc) is 2.61. The predicted octanol–water partition coefficient (Wildman–Crippen LogP) is 2.92. The molecule has 2 rings (SSSR count). The molecule has 0 aliphatic rings. The molecule has 0 aromatic heterocycles. The number of nitro benzene ring substituents is 1. The van der Waals surface area contributed by atoms with E-state index in [4.69, 9.17) is 4.74 Å². The molecule has 0 fully saturated rings. The zero-order chi connectivity index (χ0) is 17.4. The monoisotopic (exact) mass is 325 g/mol. The Balaban J connectivity index is 1.95. The minimum Gasteiger partial charge on any atom is -0.490 e. The molecule has 0 heterocycles. The van der Waals surface area contributed by atoms with E-state index in [1.165, 1.54) is 30.5 Å². The van der Waals surface area contributed by atoms with E-state index in [-0.39, 0.29) is 11.3 Å². The second-order valence-corrected chi connectivity index (χ2v) is 4.68. The van der Waals surface area contributed by atoms with Gasteiger partial charge < -0.3 is 4.74 Å². The van der Waals surface area contributed by atoms with Crippen LogP contribution < -0.4 is 10.2 Å². The third kappa shape index (κ3) is 4.77. The third-order valence-electron chi connectivity index (χ3n) is 2.95. The number of nitrogens with one attached hydrogen (secondary N) is 1. The highest BCUT2D eigenvalue weighted by molar-refractivity contribution is 5.95. The highest BCUT2D eigenvalue weighted by Crippen LogP contribution is 2.13. The second kappa shape index (κ2) is 8.23. The van der Waals surface area contributed by atoms with Crippen molar-refractivity contribution < 1.29 is 14.5 Å². The van der Waals surface area contributed by atoms with E-state index in [0.717, 1.165) is 5.56 Å². The largest absolute Gasteiger partial charge is 0.490 e. The van der Waals surface area contributed by atoms with Crippen LogP contribution in [0.2, 0.25) is 0 Å². The van der Waals surface area contributed by atoms with Crippen molar-refractivity contribution >= 4 is 17.8 Å². The van der Waals surface area contributed by atoms with Gasteiger partial charge in [0, 0.05) is 17.7 Å². The first-order valence-corrected chi connectivity index (χ1v) is 7.02. The van der Waals surface area contributed by atoms with Crippen LogP contribution in [0, 0.1) is 10.1 Å². The van der Waals surface area contributed by atoms with Gasteiger partial charge in [0.15, 0.2) is 0 Å². The molecule has 7 nitrogen and oxygen atoms in total. The Morgan fingerprint density at radius 3 is 2.71 bits per heavy atom. The van der Waals surface area contributed by atoms with Crippen molar-refractivity contribution in [3.8, 4) is 5.75 Å². The van der Waals surface area contributed by atoms with E-state index < -0.39 is 10.8 Å². The lowest BCUT2D eigenvalue weighted by Crippen LogP contribution is -2.17. The molecule has 0 spiro atoms. The van der Waals surface area contributed by atoms with Gasteiger partial charge in [0.1, 0.15) is 12.4 Å². The maximum absolute atomic E-state index is 11.9. The van der Waals surface area contributed by atoms with Gasteiger partial charge in [-0.25, -0.2) is 5.43 Å². The lowest BCUT2D eigenvalue weighted by Gasteiger charge is -2.03. The molecule has 7 heteroatoms. The molecular formula is C17H15N3O4. The van der Waals surface area contributed by atoms with Crippen LogP contribution >= 0.6 is 0 Å². The topological polar surface area (TPSA) is 93.8 Å². The molecule has 0 bridgehead atoms. The maximum Gasteiger partial charge on any atom is 0.271 e. The molecule has 2 aromatic carbocycles. The number of amides is 1. The van der Waals surface area contributed by atoms with E-state index in [0.29, 0.717) is 12.4 Å². The average molecular weight is 325 g/mol. The number of carbonyl (C=O) groups excluding carboxylic acids is 1. The molecule has 0 saturated heterocycles. The van der Waals surface area contributed by atoms with Gasteiger partial charge in [-0.3, -0.25) is 14.9 Å². The summed E-state index contributed by atoms with van der Waals surface area (Å²) in [6.07, 6.45) is 3.12. The number of ether oxygens (including phenoxy) is 1. The van der Waals surface area contributed by atoms with Crippen molar-refractivity contribution in [3.63, 3.8) is 0 Å². The molecule has 0 aliphatic carbocycles. The van der Waals surface area contributed by atoms with Crippen LogP contribution in [-0.2, 0) is 0 Å². The quantitative estimate of drug-likeness (QED) is 0.366. The van der Waals surface area contributed by atoms with Gasteiger partial charge >= 0.3 is 0 Å². The molecule has 0 saturated carbocycles. The van der Waals surface area contributed by atoms with Crippen LogP contribution in [0.15, 0.2) is 66.3 Å². The van der Waals surface area contributed by atoms with Crippen LogP contribution in [0.25, 0.3) is 0 Å². The number of rotatable bonds is 7. The second-order valence-electron chi connectivity index (χ2n) is 4.68. The van der Waals surface area contributed by atoms with Crippen molar-refractivity contribution in [2.45, 2.75) is 0 Å². The zero-order valence-corrected chi connectivity index (χ0v) is 12.7. The Bertz CT molecular complexity index is 770. The molecule has 2 aromatic rings. The number of hydrazone groups is 1. The Hall–Kier alpha value is -3.48. The number of hydrogen-bond acceptors (Lipinski definition) is 5. The van der Waals surface area contributed by atoms with Crippen LogP contribution in [0.1, 0.15) is 15.9 Å². The van der Waals surface area contributed by atoms with Gasteiger partial charge in [-0.05, 0) is 35.9 Å². The summed E-state index contributed by atoms with van der Waals surface area (Å²) in [5.41, 5.74) is 3.10. The van der Waals surface area contributed by atoms with Gasteiger partial charge in [-0.2, -0.15) is 5.10 Å². The Morgan fingerprint density at radius 2 is 2.04 bits per heavy atom. The smallest absolute Gasteiger partial charge is 0.271 e. The normalized spacial score (nSPS) is 10.3. The molecular weight excluding hydrogens is 310 g/mol. The molecule has 0 aliphatic heterocycles. The summed E-state index contributed by atoms with van der Waals surface area (Å²) in [6.45, 7) is 3.99. The van der Waals surface area contributed by atoms with E-state index in [1.54, 1.807) is 30.3 Å². The molecule has 0 atom stereocenters. The minimum atomic E-state index is -0.559. The number of nitro groups is 1. The van der Waals surface area contributed by atoms with Gasteiger partial charge in [-0.1, -0.05) is 18.7 Å². The Morgan fingerprint density at radius 1 is 1.29 bits per heavy atom. The fourth-order valence-electron chi connectivity index (χ4n) is 1.80. The van der Waals surface area contributed by atoms with Gasteiger partial charge in [0.25, 0.3) is 11.6 Å². The molecule has 1 amide bonds. The van der Waals surface area contributed by atoms with Gasteiger partial charge in [0.2, 0.25) is 0 Å². The molecule has 122 valence electrons. The van der Waals surface area contributed by atoms with Crippen molar-refractivity contribution in [2.24, 2.45) is 5.10 Å². The van der Waals surface area contributed by atoms with Crippen LogP contribution in [0.4, 0.5) is 5.69 Å². The highest BCUT2D eigenvalue weighted by Gasteiger charge is 2.10. The number of nitrogens with zero attached hydrogens (tertiary/aromatic N) is 2. The minimum absolute atomic E-state index is 0.151. The third-order valence-corrected chi connectivity index (χ3v) is 2.95.